The first-order valence-electron chi connectivity index (χ1n) is 5.87. The molecule has 2 rings (SSSR count). The third-order valence-electron chi connectivity index (χ3n) is 2.87. The lowest BCUT2D eigenvalue weighted by molar-refractivity contribution is 0.471. The van der Waals surface area contributed by atoms with Crippen molar-refractivity contribution in [2.75, 3.05) is 0 Å². The van der Waals surface area contributed by atoms with Crippen molar-refractivity contribution < 1.29 is 9.13 Å². The number of nitrogen functional groups attached to an aromatic ring is 1. The minimum atomic E-state index is -0.324. The molecule has 2 aromatic carbocycles. The van der Waals surface area contributed by atoms with Crippen molar-refractivity contribution in [1.29, 1.82) is 5.41 Å². The van der Waals surface area contributed by atoms with Crippen molar-refractivity contribution in [3.63, 3.8) is 0 Å². The predicted octanol–water partition coefficient (Wildman–Crippen LogP) is 3.52. The van der Waals surface area contributed by atoms with Crippen molar-refractivity contribution in [3.05, 3.63) is 58.9 Å². The molecule has 0 radical (unpaired) electrons. The van der Waals surface area contributed by atoms with Crippen LogP contribution in [0, 0.1) is 25.1 Å². The fraction of sp³-hybridized carbons (Fsp3) is 0.133. The molecular formula is C15H15FN2O. The van der Waals surface area contributed by atoms with Crippen molar-refractivity contribution in [2.45, 2.75) is 13.8 Å². The molecule has 0 atom stereocenters. The SMILES string of the molecule is Cc1ccc(Oc2c(C)cccc2C(=N)N)cc1F. The summed E-state index contributed by atoms with van der Waals surface area (Å²) in [7, 11) is 0. The maximum atomic E-state index is 13.5. The van der Waals surface area contributed by atoms with Gasteiger partial charge in [-0.05, 0) is 37.1 Å². The molecule has 98 valence electrons. The van der Waals surface area contributed by atoms with E-state index < -0.39 is 0 Å². The first-order chi connectivity index (χ1) is 8.99. The molecule has 0 saturated heterocycles. The molecule has 0 aliphatic rings. The molecule has 3 nitrogen and oxygen atoms in total. The first kappa shape index (κ1) is 13.1. The highest BCUT2D eigenvalue weighted by Crippen LogP contribution is 2.29. The summed E-state index contributed by atoms with van der Waals surface area (Å²) >= 11 is 0. The van der Waals surface area contributed by atoms with Crippen molar-refractivity contribution >= 4 is 5.84 Å². The third kappa shape index (κ3) is 2.73. The van der Waals surface area contributed by atoms with Gasteiger partial charge in [0, 0.05) is 6.07 Å². The fourth-order valence-electron chi connectivity index (χ4n) is 1.75. The summed E-state index contributed by atoms with van der Waals surface area (Å²) in [4.78, 5) is 0. The molecule has 0 aliphatic heterocycles. The Morgan fingerprint density at radius 1 is 1.16 bits per heavy atom. The van der Waals surface area contributed by atoms with E-state index >= 15 is 0 Å². The van der Waals surface area contributed by atoms with Crippen LogP contribution in [0.3, 0.4) is 0 Å². The molecule has 0 heterocycles. The number of amidine groups is 1. The van der Waals surface area contributed by atoms with Crippen LogP contribution in [0.4, 0.5) is 4.39 Å². The zero-order chi connectivity index (χ0) is 14.0. The fourth-order valence-corrected chi connectivity index (χ4v) is 1.75. The normalized spacial score (nSPS) is 10.3. The lowest BCUT2D eigenvalue weighted by Gasteiger charge is -2.13. The second-order valence-electron chi connectivity index (χ2n) is 4.38. The van der Waals surface area contributed by atoms with Gasteiger partial charge in [0.25, 0.3) is 0 Å². The van der Waals surface area contributed by atoms with E-state index in [0.29, 0.717) is 22.6 Å². The summed E-state index contributed by atoms with van der Waals surface area (Å²) in [6, 6.07) is 10.0. The Labute approximate surface area is 111 Å². The van der Waals surface area contributed by atoms with Gasteiger partial charge in [-0.3, -0.25) is 5.41 Å². The summed E-state index contributed by atoms with van der Waals surface area (Å²) < 4.78 is 19.2. The van der Waals surface area contributed by atoms with Crippen molar-refractivity contribution in [2.24, 2.45) is 5.73 Å². The highest BCUT2D eigenvalue weighted by Gasteiger charge is 2.11. The Morgan fingerprint density at radius 3 is 2.53 bits per heavy atom. The molecule has 0 aromatic heterocycles. The molecule has 3 N–H and O–H groups in total. The van der Waals surface area contributed by atoms with E-state index in [1.54, 1.807) is 31.2 Å². The van der Waals surface area contributed by atoms with E-state index in [0.717, 1.165) is 5.56 Å². The summed E-state index contributed by atoms with van der Waals surface area (Å²) in [5.74, 6) is 0.472. The molecule has 2 aromatic rings. The Hall–Kier alpha value is -2.36. The second-order valence-corrected chi connectivity index (χ2v) is 4.38. The molecule has 0 spiro atoms. The van der Waals surface area contributed by atoms with Crippen molar-refractivity contribution in [1.82, 2.24) is 0 Å². The number of para-hydroxylation sites is 1. The number of rotatable bonds is 3. The van der Waals surface area contributed by atoms with Gasteiger partial charge in [0.05, 0.1) is 5.56 Å². The number of hydrogen-bond donors (Lipinski definition) is 2. The van der Waals surface area contributed by atoms with Crippen LogP contribution in [0.5, 0.6) is 11.5 Å². The number of benzene rings is 2. The Balaban J connectivity index is 2.42. The van der Waals surface area contributed by atoms with Gasteiger partial charge in [0.2, 0.25) is 0 Å². The van der Waals surface area contributed by atoms with E-state index in [1.807, 2.05) is 13.0 Å². The number of aryl methyl sites for hydroxylation is 2. The maximum Gasteiger partial charge on any atom is 0.141 e. The van der Waals surface area contributed by atoms with Crippen LogP contribution >= 0.6 is 0 Å². The third-order valence-corrected chi connectivity index (χ3v) is 2.87. The van der Waals surface area contributed by atoms with E-state index in [-0.39, 0.29) is 11.7 Å². The molecule has 4 heteroatoms. The molecule has 0 bridgehead atoms. The van der Waals surface area contributed by atoms with Gasteiger partial charge in [-0.2, -0.15) is 0 Å². The quantitative estimate of drug-likeness (QED) is 0.653. The zero-order valence-electron chi connectivity index (χ0n) is 10.8. The minimum Gasteiger partial charge on any atom is -0.456 e. The lowest BCUT2D eigenvalue weighted by atomic mass is 10.1. The predicted molar refractivity (Wildman–Crippen MR) is 73.4 cm³/mol. The van der Waals surface area contributed by atoms with Gasteiger partial charge >= 0.3 is 0 Å². The van der Waals surface area contributed by atoms with E-state index in [4.69, 9.17) is 15.9 Å². The molecule has 0 fully saturated rings. The minimum absolute atomic E-state index is 0.0775. The van der Waals surface area contributed by atoms with Gasteiger partial charge in [0.15, 0.2) is 0 Å². The highest BCUT2D eigenvalue weighted by molar-refractivity contribution is 5.98. The molecule has 0 unspecified atom stereocenters. The Bertz CT molecular complexity index is 638. The summed E-state index contributed by atoms with van der Waals surface area (Å²) in [5.41, 5.74) is 7.42. The smallest absolute Gasteiger partial charge is 0.141 e. The Kier molecular flexibility index (Phi) is 3.51. The van der Waals surface area contributed by atoms with Gasteiger partial charge in [-0.25, -0.2) is 4.39 Å². The topological polar surface area (TPSA) is 59.1 Å². The van der Waals surface area contributed by atoms with E-state index in [9.17, 15) is 4.39 Å². The van der Waals surface area contributed by atoms with E-state index in [2.05, 4.69) is 0 Å². The second kappa shape index (κ2) is 5.10. The number of nitrogens with one attached hydrogen (secondary N) is 1. The average Bonchev–Trinajstić information content (AvgIpc) is 2.36. The maximum absolute atomic E-state index is 13.5. The first-order valence-corrected chi connectivity index (χ1v) is 5.87. The summed E-state index contributed by atoms with van der Waals surface area (Å²) in [5, 5.41) is 7.54. The van der Waals surface area contributed by atoms with Crippen LogP contribution in [-0.4, -0.2) is 5.84 Å². The van der Waals surface area contributed by atoms with Crippen LogP contribution < -0.4 is 10.5 Å². The molecular weight excluding hydrogens is 243 g/mol. The van der Waals surface area contributed by atoms with Crippen LogP contribution in [-0.2, 0) is 0 Å². The summed E-state index contributed by atoms with van der Waals surface area (Å²) in [6.45, 7) is 3.54. The number of hydrogen-bond acceptors (Lipinski definition) is 2. The van der Waals surface area contributed by atoms with E-state index in [1.165, 1.54) is 6.07 Å². The van der Waals surface area contributed by atoms with Gasteiger partial charge in [-0.1, -0.05) is 18.2 Å². The largest absolute Gasteiger partial charge is 0.456 e. The van der Waals surface area contributed by atoms with Crippen LogP contribution in [0.15, 0.2) is 36.4 Å². The molecule has 19 heavy (non-hydrogen) atoms. The summed E-state index contributed by atoms with van der Waals surface area (Å²) in [6.07, 6.45) is 0. The van der Waals surface area contributed by atoms with Crippen LogP contribution in [0.1, 0.15) is 16.7 Å². The number of halogens is 1. The van der Waals surface area contributed by atoms with Crippen LogP contribution in [0.2, 0.25) is 0 Å². The molecule has 0 amide bonds. The van der Waals surface area contributed by atoms with Gasteiger partial charge < -0.3 is 10.5 Å². The monoisotopic (exact) mass is 258 g/mol. The van der Waals surface area contributed by atoms with Gasteiger partial charge in [0.1, 0.15) is 23.2 Å². The standard InChI is InChI=1S/C15H15FN2O/c1-9-6-7-11(8-13(9)16)19-14-10(2)4-3-5-12(14)15(17)18/h3-8H,1-2H3,(H3,17,18). The van der Waals surface area contributed by atoms with Gasteiger partial charge in [-0.15, -0.1) is 0 Å². The number of ether oxygens (including phenoxy) is 1. The van der Waals surface area contributed by atoms with Crippen molar-refractivity contribution in [3.8, 4) is 11.5 Å². The van der Waals surface area contributed by atoms with Crippen LogP contribution in [0.25, 0.3) is 0 Å². The Morgan fingerprint density at radius 2 is 1.89 bits per heavy atom. The highest BCUT2D eigenvalue weighted by atomic mass is 19.1. The average molecular weight is 258 g/mol. The lowest BCUT2D eigenvalue weighted by Crippen LogP contribution is -2.12. The molecule has 0 aliphatic carbocycles. The number of nitrogens with two attached hydrogens (primary N) is 1. The molecule has 0 saturated carbocycles. The zero-order valence-corrected chi connectivity index (χ0v) is 10.8.